The Morgan fingerprint density at radius 2 is 0.842 bits per heavy atom. The van der Waals surface area contributed by atoms with E-state index in [9.17, 15) is 16.8 Å². The SMILES string of the molecule is O=S(=O)(O)OCCCCCCCCCOS(=O)(=O)O. The fourth-order valence-corrected chi connectivity index (χ4v) is 2.07. The number of hydrogen-bond acceptors (Lipinski definition) is 6. The quantitative estimate of drug-likeness (QED) is 0.407. The number of unbranched alkanes of at least 4 members (excludes halogenated alkanes) is 6. The predicted octanol–water partition coefficient (Wildman–Crippen LogP) is 1.36. The summed E-state index contributed by atoms with van der Waals surface area (Å²) in [5.41, 5.74) is 0. The van der Waals surface area contributed by atoms with Crippen LogP contribution in [-0.2, 0) is 29.2 Å². The van der Waals surface area contributed by atoms with E-state index in [1.807, 2.05) is 0 Å². The van der Waals surface area contributed by atoms with Crippen LogP contribution in [0.15, 0.2) is 0 Å². The van der Waals surface area contributed by atoms with Crippen molar-refractivity contribution in [3.63, 3.8) is 0 Å². The fourth-order valence-electron chi connectivity index (χ4n) is 1.42. The molecule has 2 N–H and O–H groups in total. The summed E-state index contributed by atoms with van der Waals surface area (Å²) < 4.78 is 65.6. The Hall–Kier alpha value is -0.260. The van der Waals surface area contributed by atoms with Crippen LogP contribution in [0.4, 0.5) is 0 Å². The topological polar surface area (TPSA) is 127 Å². The van der Waals surface area contributed by atoms with Crippen LogP contribution in [0.3, 0.4) is 0 Å². The van der Waals surface area contributed by atoms with E-state index in [1.54, 1.807) is 0 Å². The lowest BCUT2D eigenvalue weighted by atomic mass is 10.1. The van der Waals surface area contributed by atoms with Gasteiger partial charge in [0.1, 0.15) is 0 Å². The van der Waals surface area contributed by atoms with Gasteiger partial charge in [-0.1, -0.05) is 32.1 Å². The maximum absolute atomic E-state index is 10.2. The molecule has 0 atom stereocenters. The second-order valence-corrected chi connectivity index (χ2v) is 6.16. The van der Waals surface area contributed by atoms with Gasteiger partial charge in [-0.15, -0.1) is 0 Å². The Bertz CT molecular complexity index is 374. The first kappa shape index (κ1) is 18.7. The molecular formula is C9H20O8S2. The molecule has 8 nitrogen and oxygen atoms in total. The summed E-state index contributed by atoms with van der Waals surface area (Å²) in [7, 11) is -8.65. The van der Waals surface area contributed by atoms with E-state index in [4.69, 9.17) is 9.11 Å². The van der Waals surface area contributed by atoms with Crippen molar-refractivity contribution in [3.8, 4) is 0 Å². The van der Waals surface area contributed by atoms with Gasteiger partial charge < -0.3 is 0 Å². The van der Waals surface area contributed by atoms with Crippen molar-refractivity contribution >= 4 is 20.8 Å². The van der Waals surface area contributed by atoms with E-state index in [0.29, 0.717) is 12.8 Å². The minimum Gasteiger partial charge on any atom is -0.264 e. The number of rotatable bonds is 12. The maximum Gasteiger partial charge on any atom is 0.397 e. The van der Waals surface area contributed by atoms with E-state index >= 15 is 0 Å². The third kappa shape index (κ3) is 17.7. The highest BCUT2D eigenvalue weighted by Gasteiger charge is 2.03. The lowest BCUT2D eigenvalue weighted by molar-refractivity contribution is 0.260. The molecule has 0 radical (unpaired) electrons. The Labute approximate surface area is 114 Å². The van der Waals surface area contributed by atoms with Crippen LogP contribution in [-0.4, -0.2) is 39.2 Å². The summed E-state index contributed by atoms with van der Waals surface area (Å²) in [6.45, 7) is -0.0535. The monoisotopic (exact) mass is 320 g/mol. The molecule has 116 valence electrons. The van der Waals surface area contributed by atoms with Crippen molar-refractivity contribution in [2.45, 2.75) is 44.9 Å². The summed E-state index contributed by atoms with van der Waals surface area (Å²) in [6, 6.07) is 0. The van der Waals surface area contributed by atoms with E-state index < -0.39 is 20.8 Å². The molecule has 0 aliphatic heterocycles. The molecular weight excluding hydrogens is 300 g/mol. The van der Waals surface area contributed by atoms with Crippen molar-refractivity contribution in [3.05, 3.63) is 0 Å². The van der Waals surface area contributed by atoms with Crippen molar-refractivity contribution < 1.29 is 34.3 Å². The minimum atomic E-state index is -4.33. The molecule has 0 aromatic carbocycles. The lowest BCUT2D eigenvalue weighted by Gasteiger charge is -2.02. The molecule has 10 heteroatoms. The third-order valence-corrected chi connectivity index (χ3v) is 3.18. The van der Waals surface area contributed by atoms with Gasteiger partial charge in [-0.25, -0.2) is 8.37 Å². The third-order valence-electron chi connectivity index (χ3n) is 2.25. The minimum absolute atomic E-state index is 0.0268. The second-order valence-electron chi connectivity index (χ2n) is 3.97. The zero-order valence-electron chi connectivity index (χ0n) is 10.5. The van der Waals surface area contributed by atoms with Crippen LogP contribution in [0.5, 0.6) is 0 Å². The van der Waals surface area contributed by atoms with Gasteiger partial charge in [0.25, 0.3) is 0 Å². The van der Waals surface area contributed by atoms with Gasteiger partial charge in [0, 0.05) is 0 Å². The molecule has 0 saturated heterocycles. The van der Waals surface area contributed by atoms with Crippen LogP contribution in [0.1, 0.15) is 44.9 Å². The molecule has 0 aliphatic rings. The molecule has 0 heterocycles. The Kier molecular flexibility index (Phi) is 9.48. The standard InChI is InChI=1S/C9H20O8S2/c10-18(11,12)16-8-6-4-2-1-3-5-7-9-17-19(13,14)15/h1-9H2,(H,10,11,12)(H,13,14,15). The van der Waals surface area contributed by atoms with Gasteiger partial charge >= 0.3 is 20.8 Å². The van der Waals surface area contributed by atoms with E-state index in [-0.39, 0.29) is 13.2 Å². The van der Waals surface area contributed by atoms with E-state index in [0.717, 1.165) is 32.1 Å². The average molecular weight is 320 g/mol. The normalized spacial score (nSPS) is 12.7. The van der Waals surface area contributed by atoms with Crippen molar-refractivity contribution in [1.82, 2.24) is 0 Å². The van der Waals surface area contributed by atoms with Gasteiger partial charge in [0.15, 0.2) is 0 Å². The molecule has 19 heavy (non-hydrogen) atoms. The van der Waals surface area contributed by atoms with Gasteiger partial charge in [0.2, 0.25) is 0 Å². The lowest BCUT2D eigenvalue weighted by Crippen LogP contribution is -2.05. The molecule has 0 unspecified atom stereocenters. The van der Waals surface area contributed by atoms with Gasteiger partial charge in [-0.3, -0.25) is 9.11 Å². The summed E-state index contributed by atoms with van der Waals surface area (Å²) in [5, 5.41) is 0. The van der Waals surface area contributed by atoms with Gasteiger partial charge in [-0.2, -0.15) is 16.8 Å². The molecule has 0 amide bonds. The molecule has 0 aromatic rings. The van der Waals surface area contributed by atoms with Crippen LogP contribution in [0.2, 0.25) is 0 Å². The Balaban J connectivity index is 3.20. The van der Waals surface area contributed by atoms with Crippen LogP contribution < -0.4 is 0 Å². The van der Waals surface area contributed by atoms with E-state index in [1.165, 1.54) is 0 Å². The highest BCUT2D eigenvalue weighted by molar-refractivity contribution is 7.81. The predicted molar refractivity (Wildman–Crippen MR) is 67.3 cm³/mol. The first-order valence-corrected chi connectivity index (χ1v) is 8.67. The Morgan fingerprint density at radius 1 is 0.579 bits per heavy atom. The van der Waals surface area contributed by atoms with Crippen molar-refractivity contribution in [2.75, 3.05) is 13.2 Å². The first-order chi connectivity index (χ1) is 8.71. The van der Waals surface area contributed by atoms with Crippen molar-refractivity contribution in [1.29, 1.82) is 0 Å². The Morgan fingerprint density at radius 3 is 1.11 bits per heavy atom. The van der Waals surface area contributed by atoms with E-state index in [2.05, 4.69) is 8.37 Å². The maximum atomic E-state index is 10.2. The highest BCUT2D eigenvalue weighted by Crippen LogP contribution is 2.08. The summed E-state index contributed by atoms with van der Waals surface area (Å²) in [4.78, 5) is 0. The smallest absolute Gasteiger partial charge is 0.264 e. The molecule has 0 saturated carbocycles. The molecule has 0 bridgehead atoms. The summed E-state index contributed by atoms with van der Waals surface area (Å²) in [6.07, 6.45) is 5.39. The first-order valence-electron chi connectivity index (χ1n) is 5.94. The summed E-state index contributed by atoms with van der Waals surface area (Å²) in [5.74, 6) is 0. The molecule has 0 spiro atoms. The van der Waals surface area contributed by atoms with Gasteiger partial charge in [0.05, 0.1) is 13.2 Å². The number of hydrogen-bond donors (Lipinski definition) is 2. The van der Waals surface area contributed by atoms with Crippen LogP contribution in [0.25, 0.3) is 0 Å². The zero-order chi connectivity index (χ0) is 14.8. The van der Waals surface area contributed by atoms with Crippen LogP contribution >= 0.6 is 0 Å². The molecule has 0 rings (SSSR count). The second kappa shape index (κ2) is 9.61. The van der Waals surface area contributed by atoms with Crippen LogP contribution in [0, 0.1) is 0 Å². The molecule has 0 aliphatic carbocycles. The fraction of sp³-hybridized carbons (Fsp3) is 1.00. The molecule has 0 fully saturated rings. The zero-order valence-corrected chi connectivity index (χ0v) is 12.2. The van der Waals surface area contributed by atoms with Gasteiger partial charge in [-0.05, 0) is 12.8 Å². The average Bonchev–Trinajstić information content (AvgIpc) is 2.22. The van der Waals surface area contributed by atoms with Crippen molar-refractivity contribution in [2.24, 2.45) is 0 Å². The summed E-state index contributed by atoms with van der Waals surface area (Å²) >= 11 is 0. The largest absolute Gasteiger partial charge is 0.397 e. The molecule has 0 aromatic heterocycles. The highest BCUT2D eigenvalue weighted by atomic mass is 32.3.